The maximum atomic E-state index is 13.1. The molecule has 1 unspecified atom stereocenters. The fourth-order valence-corrected chi connectivity index (χ4v) is 2.90. The van der Waals surface area contributed by atoms with Crippen molar-refractivity contribution < 1.29 is 26.9 Å². The Morgan fingerprint density at radius 1 is 1.38 bits per heavy atom. The second kappa shape index (κ2) is 6.55. The predicted molar refractivity (Wildman–Crippen MR) is 77.1 cm³/mol. The molecule has 0 bridgehead atoms. The lowest BCUT2D eigenvalue weighted by atomic mass is 10.1. The molecule has 2 rings (SSSR count). The molecule has 1 aromatic carbocycles. The van der Waals surface area contributed by atoms with Gasteiger partial charge in [0.05, 0.1) is 33.9 Å². The molecule has 1 aromatic heterocycles. The smallest absolute Gasteiger partial charge is 0.417 e. The van der Waals surface area contributed by atoms with Crippen molar-refractivity contribution in [3.8, 4) is 5.75 Å². The number of nitrogens with zero attached hydrogens (tertiary/aromatic N) is 4. The average molecular weight is 363 g/mol. The van der Waals surface area contributed by atoms with Crippen LogP contribution in [0.1, 0.15) is 15.9 Å². The number of halogens is 3. The first kappa shape index (κ1) is 17.8. The van der Waals surface area contributed by atoms with Crippen LogP contribution in [0, 0.1) is 0 Å². The minimum Gasteiger partial charge on any atom is -0.495 e. The van der Waals surface area contributed by atoms with E-state index in [2.05, 4.69) is 20.8 Å². The molecule has 130 valence electrons. The largest absolute Gasteiger partial charge is 0.495 e. The highest BCUT2D eigenvalue weighted by molar-refractivity contribution is 7.84. The summed E-state index contributed by atoms with van der Waals surface area (Å²) in [6, 6.07) is 1.63. The third kappa shape index (κ3) is 3.37. The third-order valence-corrected chi connectivity index (χ3v) is 3.98. The number of aryl methyl sites for hydroxylation is 1. The minimum atomic E-state index is -4.74. The number of anilines is 1. The highest BCUT2D eigenvalue weighted by Crippen LogP contribution is 2.39. The Morgan fingerprint density at radius 3 is 2.50 bits per heavy atom. The zero-order valence-electron chi connectivity index (χ0n) is 12.7. The summed E-state index contributed by atoms with van der Waals surface area (Å²) < 4.78 is 57.2. The van der Waals surface area contributed by atoms with Gasteiger partial charge < -0.3 is 4.74 Å². The maximum absolute atomic E-state index is 13.1. The lowest BCUT2D eigenvalue weighted by Gasteiger charge is -2.17. The Bertz CT molecular complexity index is 806. The van der Waals surface area contributed by atoms with Crippen molar-refractivity contribution in [2.75, 3.05) is 18.7 Å². The van der Waals surface area contributed by atoms with E-state index in [-0.39, 0.29) is 11.5 Å². The van der Waals surface area contributed by atoms with Gasteiger partial charge in [0.25, 0.3) is 5.91 Å². The van der Waals surface area contributed by atoms with Gasteiger partial charge in [0.2, 0.25) is 5.95 Å². The molecule has 2 aromatic rings. The van der Waals surface area contributed by atoms with Gasteiger partial charge in [0, 0.05) is 13.3 Å². The molecule has 24 heavy (non-hydrogen) atoms. The van der Waals surface area contributed by atoms with E-state index in [0.29, 0.717) is 6.07 Å². The van der Waals surface area contributed by atoms with Gasteiger partial charge in [-0.2, -0.15) is 13.2 Å². The molecule has 0 fully saturated rings. The zero-order chi connectivity index (χ0) is 18.1. The van der Waals surface area contributed by atoms with Gasteiger partial charge in [-0.15, -0.1) is 0 Å². The van der Waals surface area contributed by atoms with E-state index in [9.17, 15) is 22.2 Å². The molecule has 0 radical (unpaired) electrons. The number of carbonyl (C=O) groups is 1. The van der Waals surface area contributed by atoms with E-state index in [1.165, 1.54) is 7.05 Å². The van der Waals surface area contributed by atoms with Gasteiger partial charge in [-0.25, -0.2) is 4.68 Å². The van der Waals surface area contributed by atoms with Gasteiger partial charge in [-0.1, -0.05) is 5.10 Å². The van der Waals surface area contributed by atoms with Crippen LogP contribution in [0.25, 0.3) is 0 Å². The fourth-order valence-electron chi connectivity index (χ4n) is 1.96. The molecule has 1 amide bonds. The fraction of sp³-hybridized carbons (Fsp3) is 0.333. The van der Waals surface area contributed by atoms with E-state index in [1.807, 2.05) is 0 Å². The number of methoxy groups -OCH3 is 1. The molecular formula is C12H12F3N5O3S. The van der Waals surface area contributed by atoms with E-state index < -0.39 is 39.1 Å². The van der Waals surface area contributed by atoms with Crippen molar-refractivity contribution in [1.29, 1.82) is 0 Å². The first-order chi connectivity index (χ1) is 11.2. The molecular weight excluding hydrogens is 351 g/mol. The molecule has 0 saturated heterocycles. The van der Waals surface area contributed by atoms with E-state index >= 15 is 0 Å². The summed E-state index contributed by atoms with van der Waals surface area (Å²) in [5.74, 6) is -1.23. The highest BCUT2D eigenvalue weighted by atomic mass is 32.2. The van der Waals surface area contributed by atoms with Crippen LogP contribution in [0.5, 0.6) is 5.75 Å². The Labute approximate surface area is 136 Å². The second-order valence-electron chi connectivity index (χ2n) is 4.56. The van der Waals surface area contributed by atoms with Crippen LogP contribution in [-0.2, 0) is 24.0 Å². The first-order valence-corrected chi connectivity index (χ1v) is 7.88. The molecule has 1 heterocycles. The molecule has 8 nitrogen and oxygen atoms in total. The third-order valence-electron chi connectivity index (χ3n) is 3.00. The molecule has 0 aliphatic rings. The number of rotatable bonds is 4. The Kier molecular flexibility index (Phi) is 4.87. The first-order valence-electron chi connectivity index (χ1n) is 6.32. The van der Waals surface area contributed by atoms with Crippen molar-refractivity contribution >= 4 is 22.7 Å². The van der Waals surface area contributed by atoms with Crippen LogP contribution in [0.4, 0.5) is 19.1 Å². The zero-order valence-corrected chi connectivity index (χ0v) is 13.5. The van der Waals surface area contributed by atoms with Crippen LogP contribution in [0.15, 0.2) is 17.0 Å². The van der Waals surface area contributed by atoms with Crippen molar-refractivity contribution in [2.45, 2.75) is 11.1 Å². The molecule has 0 saturated carbocycles. The molecule has 0 spiro atoms. The number of nitrogens with one attached hydrogen (secondary N) is 1. The second-order valence-corrected chi connectivity index (χ2v) is 5.87. The number of tetrazole rings is 1. The monoisotopic (exact) mass is 363 g/mol. The molecule has 12 heteroatoms. The number of hydrogen-bond acceptors (Lipinski definition) is 6. The summed E-state index contributed by atoms with van der Waals surface area (Å²) in [4.78, 5) is 11.7. The van der Waals surface area contributed by atoms with Crippen LogP contribution >= 0.6 is 0 Å². The number of alkyl halides is 3. The minimum absolute atomic E-state index is 0.0129. The summed E-state index contributed by atoms with van der Waals surface area (Å²) >= 11 is 0. The average Bonchev–Trinajstić information content (AvgIpc) is 2.89. The SMILES string of the molecule is COc1c(C(=O)Nc2nnnn2C)ccc(C(F)(F)F)c1S(C)=O. The quantitative estimate of drug-likeness (QED) is 0.877. The van der Waals surface area contributed by atoms with E-state index in [0.717, 1.165) is 24.1 Å². The summed E-state index contributed by atoms with van der Waals surface area (Å²) in [6.07, 6.45) is -3.67. The van der Waals surface area contributed by atoms with E-state index in [1.54, 1.807) is 0 Å². The number of hydrogen-bond donors (Lipinski definition) is 1. The van der Waals surface area contributed by atoms with Gasteiger partial charge in [-0.3, -0.25) is 14.3 Å². The predicted octanol–water partition coefficient (Wildman–Crippen LogP) is 1.23. The van der Waals surface area contributed by atoms with Gasteiger partial charge in [0.15, 0.2) is 0 Å². The Balaban J connectivity index is 2.55. The number of amides is 1. The summed E-state index contributed by atoms with van der Waals surface area (Å²) in [7, 11) is 0.515. The van der Waals surface area contributed by atoms with E-state index in [4.69, 9.17) is 4.74 Å². The summed E-state index contributed by atoms with van der Waals surface area (Å²) in [6.45, 7) is 0. The lowest BCUT2D eigenvalue weighted by Crippen LogP contribution is -2.19. The number of benzene rings is 1. The maximum Gasteiger partial charge on any atom is 0.417 e. The van der Waals surface area contributed by atoms with Gasteiger partial charge in [-0.05, 0) is 22.6 Å². The molecule has 0 aliphatic carbocycles. The normalized spacial score (nSPS) is 12.8. The molecule has 1 atom stereocenters. The molecule has 1 N–H and O–H groups in total. The lowest BCUT2D eigenvalue weighted by molar-refractivity contribution is -0.140. The Hall–Kier alpha value is -2.50. The van der Waals surface area contributed by atoms with Crippen molar-refractivity contribution in [3.63, 3.8) is 0 Å². The molecule has 0 aliphatic heterocycles. The highest BCUT2D eigenvalue weighted by Gasteiger charge is 2.37. The standard InChI is InChI=1S/C12H12F3N5O3S/c1-20-11(17-18-19-20)16-10(21)6-4-5-7(12(13,14)15)9(24(3)22)8(6)23-2/h4-5H,1-3H3,(H,16,17,19,21). The number of carbonyl (C=O) groups excluding carboxylic acids is 1. The summed E-state index contributed by atoms with van der Waals surface area (Å²) in [5.41, 5.74) is -1.35. The topological polar surface area (TPSA) is 99.0 Å². The van der Waals surface area contributed by atoms with Gasteiger partial charge in [0.1, 0.15) is 5.75 Å². The van der Waals surface area contributed by atoms with Crippen molar-refractivity contribution in [2.24, 2.45) is 7.05 Å². The number of aromatic nitrogens is 4. The van der Waals surface area contributed by atoms with Crippen LogP contribution in [-0.4, -0.2) is 43.7 Å². The van der Waals surface area contributed by atoms with Gasteiger partial charge >= 0.3 is 6.18 Å². The number of ether oxygens (including phenoxy) is 1. The van der Waals surface area contributed by atoms with Crippen molar-refractivity contribution in [3.05, 3.63) is 23.3 Å². The van der Waals surface area contributed by atoms with Crippen LogP contribution in [0.3, 0.4) is 0 Å². The van der Waals surface area contributed by atoms with Crippen LogP contribution < -0.4 is 10.1 Å². The summed E-state index contributed by atoms with van der Waals surface area (Å²) in [5, 5.41) is 12.7. The van der Waals surface area contributed by atoms with Crippen LogP contribution in [0.2, 0.25) is 0 Å². The van der Waals surface area contributed by atoms with Crippen molar-refractivity contribution in [1.82, 2.24) is 20.2 Å². The Morgan fingerprint density at radius 2 is 2.04 bits per heavy atom.